The Morgan fingerprint density at radius 3 is 2.27 bits per heavy atom. The van der Waals surface area contributed by atoms with Crippen molar-refractivity contribution < 1.29 is 42.0 Å². The third kappa shape index (κ3) is 10.9. The van der Waals surface area contributed by atoms with Gasteiger partial charge in [-0.05, 0) is 26.8 Å². The lowest BCUT2D eigenvalue weighted by atomic mass is 10.3. The highest BCUT2D eigenvalue weighted by Gasteiger charge is 2.30. The third-order valence-electron chi connectivity index (χ3n) is 2.60. The van der Waals surface area contributed by atoms with Crippen LogP contribution in [0.25, 0.3) is 0 Å². The normalized spacial score (nSPS) is 12.6. The molecule has 0 aromatic rings. The fourth-order valence-electron chi connectivity index (χ4n) is 1.51. The molecule has 0 radical (unpaired) electrons. The number of ether oxygens (including phenoxy) is 2. The topological polar surface area (TPSA) is 114 Å². The number of phosphoric ester groups is 1. The molecule has 0 aliphatic rings. The SMILES string of the molecule is C=C(C)C(=O)OCCC(COC(=O)/C=C\C=O)OP(=O)(OCC)OCC. The number of hydrogen-bond acceptors (Lipinski definition) is 9. The highest BCUT2D eigenvalue weighted by Crippen LogP contribution is 2.50. The number of esters is 2. The molecule has 0 aliphatic carbocycles. The zero-order chi connectivity index (χ0) is 20.0. The minimum absolute atomic E-state index is 0.0633. The minimum atomic E-state index is -3.86. The Balaban J connectivity index is 4.89. The van der Waals surface area contributed by atoms with Crippen LogP contribution in [0, 0.1) is 0 Å². The van der Waals surface area contributed by atoms with Crippen LogP contribution in [-0.2, 0) is 42.0 Å². The largest absolute Gasteiger partial charge is 0.475 e. The summed E-state index contributed by atoms with van der Waals surface area (Å²) in [5.74, 6) is -1.38. The van der Waals surface area contributed by atoms with Gasteiger partial charge in [-0.15, -0.1) is 0 Å². The van der Waals surface area contributed by atoms with E-state index in [0.29, 0.717) is 6.29 Å². The number of rotatable bonds is 14. The van der Waals surface area contributed by atoms with Gasteiger partial charge in [-0.3, -0.25) is 18.4 Å². The smallest absolute Gasteiger partial charge is 0.462 e. The summed E-state index contributed by atoms with van der Waals surface area (Å²) in [4.78, 5) is 33.0. The van der Waals surface area contributed by atoms with Gasteiger partial charge in [0.05, 0.1) is 19.8 Å². The number of carbonyl (C=O) groups excluding carboxylic acids is 3. The first-order valence-electron chi connectivity index (χ1n) is 7.96. The summed E-state index contributed by atoms with van der Waals surface area (Å²) in [6.45, 7) is 7.94. The predicted molar refractivity (Wildman–Crippen MR) is 92.3 cm³/mol. The maximum Gasteiger partial charge on any atom is 0.475 e. The molecular formula is C16H25O9P. The predicted octanol–water partition coefficient (Wildman–Crippen LogP) is 2.36. The molecule has 0 rings (SSSR count). The lowest BCUT2D eigenvalue weighted by Gasteiger charge is -2.23. The third-order valence-corrected chi connectivity index (χ3v) is 4.30. The molecule has 0 heterocycles. The summed E-state index contributed by atoms with van der Waals surface area (Å²) < 4.78 is 37.7. The van der Waals surface area contributed by atoms with Crippen LogP contribution in [0.4, 0.5) is 0 Å². The maximum absolute atomic E-state index is 12.5. The zero-order valence-corrected chi connectivity index (χ0v) is 16.1. The molecule has 26 heavy (non-hydrogen) atoms. The van der Waals surface area contributed by atoms with Crippen LogP contribution in [0.5, 0.6) is 0 Å². The summed E-state index contributed by atoms with van der Waals surface area (Å²) in [7, 11) is -3.86. The minimum Gasteiger partial charge on any atom is -0.462 e. The van der Waals surface area contributed by atoms with E-state index in [1.165, 1.54) is 6.92 Å². The van der Waals surface area contributed by atoms with Gasteiger partial charge in [0.1, 0.15) is 19.0 Å². The Morgan fingerprint density at radius 2 is 1.77 bits per heavy atom. The molecule has 0 aromatic carbocycles. The van der Waals surface area contributed by atoms with Gasteiger partial charge in [0.15, 0.2) is 0 Å². The fourth-order valence-corrected chi connectivity index (χ4v) is 2.87. The highest BCUT2D eigenvalue weighted by molar-refractivity contribution is 7.48. The average molecular weight is 392 g/mol. The molecule has 9 nitrogen and oxygen atoms in total. The maximum atomic E-state index is 12.5. The van der Waals surface area contributed by atoms with Crippen LogP contribution in [0.1, 0.15) is 27.2 Å². The van der Waals surface area contributed by atoms with Gasteiger partial charge < -0.3 is 9.47 Å². The highest BCUT2D eigenvalue weighted by atomic mass is 31.2. The van der Waals surface area contributed by atoms with Crippen LogP contribution in [0.3, 0.4) is 0 Å². The van der Waals surface area contributed by atoms with Crippen molar-refractivity contribution in [1.29, 1.82) is 0 Å². The first-order chi connectivity index (χ1) is 12.3. The first kappa shape index (κ1) is 24.2. The van der Waals surface area contributed by atoms with Crippen LogP contribution >= 0.6 is 7.82 Å². The molecule has 0 saturated heterocycles. The van der Waals surface area contributed by atoms with E-state index in [2.05, 4.69) is 6.58 Å². The Labute approximate surface area is 152 Å². The fraction of sp³-hybridized carbons (Fsp3) is 0.562. The summed E-state index contributed by atoms with van der Waals surface area (Å²) in [5.41, 5.74) is 0.224. The molecule has 148 valence electrons. The van der Waals surface area contributed by atoms with E-state index in [4.69, 9.17) is 23.0 Å². The van der Waals surface area contributed by atoms with Crippen molar-refractivity contribution in [1.82, 2.24) is 0 Å². The van der Waals surface area contributed by atoms with E-state index in [0.717, 1.165) is 12.2 Å². The second-order valence-electron chi connectivity index (χ2n) is 4.84. The van der Waals surface area contributed by atoms with E-state index in [9.17, 15) is 18.9 Å². The Morgan fingerprint density at radius 1 is 1.15 bits per heavy atom. The molecule has 0 N–H and O–H groups in total. The number of hydrogen-bond donors (Lipinski definition) is 0. The van der Waals surface area contributed by atoms with E-state index >= 15 is 0 Å². The Hall–Kier alpha value is -1.80. The van der Waals surface area contributed by atoms with Crippen LogP contribution in [-0.4, -0.2) is 50.8 Å². The second-order valence-corrected chi connectivity index (χ2v) is 6.46. The second kappa shape index (κ2) is 13.4. The number of carbonyl (C=O) groups is 3. The van der Waals surface area contributed by atoms with Crippen LogP contribution < -0.4 is 0 Å². The average Bonchev–Trinajstić information content (AvgIpc) is 2.57. The Bertz CT molecular complexity index is 546. The van der Waals surface area contributed by atoms with Gasteiger partial charge in [0.25, 0.3) is 0 Å². The Kier molecular flexibility index (Phi) is 12.5. The zero-order valence-electron chi connectivity index (χ0n) is 15.2. The van der Waals surface area contributed by atoms with Gasteiger partial charge in [0, 0.05) is 18.1 Å². The van der Waals surface area contributed by atoms with Crippen LogP contribution in [0.2, 0.25) is 0 Å². The van der Waals surface area contributed by atoms with Crippen LogP contribution in [0.15, 0.2) is 24.3 Å². The van der Waals surface area contributed by atoms with E-state index in [1.807, 2.05) is 0 Å². The summed E-state index contributed by atoms with van der Waals surface area (Å²) in [6, 6.07) is 0. The molecule has 1 unspecified atom stereocenters. The van der Waals surface area contributed by atoms with Gasteiger partial charge in [-0.25, -0.2) is 14.2 Å². The molecule has 0 fully saturated rings. The molecule has 10 heteroatoms. The van der Waals surface area contributed by atoms with Crippen molar-refractivity contribution in [3.8, 4) is 0 Å². The van der Waals surface area contributed by atoms with Gasteiger partial charge in [0.2, 0.25) is 0 Å². The van der Waals surface area contributed by atoms with Crippen molar-refractivity contribution in [3.05, 3.63) is 24.3 Å². The lowest BCUT2D eigenvalue weighted by Crippen LogP contribution is -2.24. The molecule has 0 amide bonds. The van der Waals surface area contributed by atoms with Gasteiger partial charge in [-0.1, -0.05) is 6.58 Å². The van der Waals surface area contributed by atoms with E-state index < -0.39 is 25.9 Å². The number of phosphoric acid groups is 1. The van der Waals surface area contributed by atoms with Crippen molar-refractivity contribution >= 4 is 26.0 Å². The standard InChI is InChI=1S/C16H25O9P/c1-5-23-26(20,24-6-2)25-14(9-11-21-16(19)13(3)4)12-22-15(18)8-7-10-17/h7-8,10,14H,3,5-6,9,11-12H2,1-2,4H3/b8-7-. The summed E-state index contributed by atoms with van der Waals surface area (Å²) in [5, 5.41) is 0. The molecule has 1 atom stereocenters. The number of aldehydes is 1. The molecule has 0 spiro atoms. The van der Waals surface area contributed by atoms with Crippen molar-refractivity contribution in [2.75, 3.05) is 26.4 Å². The van der Waals surface area contributed by atoms with Crippen molar-refractivity contribution in [3.63, 3.8) is 0 Å². The molecular weight excluding hydrogens is 367 g/mol. The molecule has 0 aromatic heterocycles. The first-order valence-corrected chi connectivity index (χ1v) is 9.42. The molecule has 0 bridgehead atoms. The quantitative estimate of drug-likeness (QED) is 0.190. The number of allylic oxidation sites excluding steroid dienone is 1. The van der Waals surface area contributed by atoms with Gasteiger partial charge in [-0.2, -0.15) is 0 Å². The monoisotopic (exact) mass is 392 g/mol. The van der Waals surface area contributed by atoms with E-state index in [1.54, 1.807) is 13.8 Å². The van der Waals surface area contributed by atoms with Gasteiger partial charge >= 0.3 is 19.8 Å². The van der Waals surface area contributed by atoms with E-state index in [-0.39, 0.29) is 38.4 Å². The molecule has 0 saturated carbocycles. The lowest BCUT2D eigenvalue weighted by molar-refractivity contribution is -0.143. The van der Waals surface area contributed by atoms with Crippen molar-refractivity contribution in [2.45, 2.75) is 33.3 Å². The summed E-state index contributed by atoms with van der Waals surface area (Å²) in [6.07, 6.45) is 1.46. The van der Waals surface area contributed by atoms with Crippen molar-refractivity contribution in [2.24, 2.45) is 0 Å². The molecule has 0 aliphatic heterocycles. The summed E-state index contributed by atoms with van der Waals surface area (Å²) >= 11 is 0.